The third-order valence-electron chi connectivity index (χ3n) is 4.89. The van der Waals surface area contributed by atoms with Crippen LogP contribution in [-0.4, -0.2) is 22.8 Å². The first-order chi connectivity index (χ1) is 14.9. The molecule has 0 saturated heterocycles. The number of nitrogens with one attached hydrogen (secondary N) is 1. The number of rotatable bonds is 7. The number of benzene rings is 2. The summed E-state index contributed by atoms with van der Waals surface area (Å²) in [6, 6.07) is 19.0. The van der Waals surface area contributed by atoms with Crippen LogP contribution in [0.4, 0.5) is 5.69 Å². The van der Waals surface area contributed by atoms with Gasteiger partial charge in [-0.05, 0) is 62.0 Å². The number of carbonyl (C=O) groups is 2. The van der Waals surface area contributed by atoms with E-state index in [0.717, 1.165) is 27.4 Å². The zero-order chi connectivity index (χ0) is 22.0. The van der Waals surface area contributed by atoms with Crippen LogP contribution in [0.2, 0.25) is 0 Å². The van der Waals surface area contributed by atoms with Gasteiger partial charge in [0, 0.05) is 10.6 Å². The minimum atomic E-state index is -0.323. The minimum Gasteiger partial charge on any atom is -0.491 e. The Labute approximate surface area is 186 Å². The Morgan fingerprint density at radius 2 is 1.68 bits per heavy atom. The Kier molecular flexibility index (Phi) is 5.91. The van der Waals surface area contributed by atoms with E-state index in [1.165, 1.54) is 16.2 Å². The molecule has 0 radical (unpaired) electrons. The van der Waals surface area contributed by atoms with Gasteiger partial charge in [0.25, 0.3) is 11.8 Å². The van der Waals surface area contributed by atoms with Crippen LogP contribution in [-0.2, 0) is 16.1 Å². The molecule has 0 bridgehead atoms. The predicted octanol–water partition coefficient (Wildman–Crippen LogP) is 5.24. The van der Waals surface area contributed by atoms with Crippen molar-refractivity contribution in [1.82, 2.24) is 4.90 Å². The molecule has 31 heavy (non-hydrogen) atoms. The molecular formula is C25H24N2O3S. The minimum absolute atomic E-state index is 0.0799. The van der Waals surface area contributed by atoms with Crippen LogP contribution in [0.15, 0.2) is 71.7 Å². The van der Waals surface area contributed by atoms with Crippen molar-refractivity contribution >= 4 is 34.4 Å². The standard InChI is InChI=1S/C25H24N2O3S/c1-16(2)30-20-12-10-19(11-13-20)26-23-22(21-5-4-14-31-21)24(28)27(25(23)29)15-18-8-6-17(3)7-9-18/h4-14,16,26H,15H2,1-3H3. The van der Waals surface area contributed by atoms with Gasteiger partial charge < -0.3 is 10.1 Å². The summed E-state index contributed by atoms with van der Waals surface area (Å²) in [4.78, 5) is 28.6. The third kappa shape index (κ3) is 4.54. The second-order valence-corrected chi connectivity index (χ2v) is 8.67. The monoisotopic (exact) mass is 432 g/mol. The van der Waals surface area contributed by atoms with Crippen LogP contribution < -0.4 is 10.1 Å². The lowest BCUT2D eigenvalue weighted by molar-refractivity contribution is -0.137. The van der Waals surface area contributed by atoms with Gasteiger partial charge in [0.1, 0.15) is 11.4 Å². The number of carbonyl (C=O) groups excluding carboxylic acids is 2. The predicted molar refractivity (Wildman–Crippen MR) is 124 cm³/mol. The van der Waals surface area contributed by atoms with Gasteiger partial charge in [0.2, 0.25) is 0 Å². The molecule has 2 amide bonds. The number of imide groups is 1. The number of amides is 2. The number of hydrogen-bond acceptors (Lipinski definition) is 5. The van der Waals surface area contributed by atoms with Crippen molar-refractivity contribution in [2.24, 2.45) is 0 Å². The number of ether oxygens (including phenoxy) is 1. The normalized spacial score (nSPS) is 14.0. The van der Waals surface area contributed by atoms with E-state index in [-0.39, 0.29) is 24.5 Å². The van der Waals surface area contributed by atoms with E-state index >= 15 is 0 Å². The molecule has 5 nitrogen and oxygen atoms in total. The maximum absolute atomic E-state index is 13.3. The molecule has 1 aliphatic heterocycles. The molecular weight excluding hydrogens is 408 g/mol. The number of thiophene rings is 1. The van der Waals surface area contributed by atoms with Crippen molar-refractivity contribution in [3.8, 4) is 5.75 Å². The van der Waals surface area contributed by atoms with E-state index in [2.05, 4.69) is 5.32 Å². The maximum Gasteiger partial charge on any atom is 0.278 e. The molecule has 3 aromatic rings. The molecule has 0 saturated carbocycles. The zero-order valence-corrected chi connectivity index (χ0v) is 18.5. The summed E-state index contributed by atoms with van der Waals surface area (Å²) < 4.78 is 5.68. The molecule has 0 atom stereocenters. The molecule has 0 aliphatic carbocycles. The van der Waals surface area contributed by atoms with Gasteiger partial charge in [-0.2, -0.15) is 0 Å². The van der Waals surface area contributed by atoms with Crippen LogP contribution in [0, 0.1) is 6.92 Å². The van der Waals surface area contributed by atoms with E-state index in [4.69, 9.17) is 4.74 Å². The third-order valence-corrected chi connectivity index (χ3v) is 5.78. The second-order valence-electron chi connectivity index (χ2n) is 7.73. The zero-order valence-electron chi connectivity index (χ0n) is 17.7. The fourth-order valence-electron chi connectivity index (χ4n) is 3.39. The molecule has 4 rings (SSSR count). The van der Waals surface area contributed by atoms with Gasteiger partial charge in [-0.1, -0.05) is 35.9 Å². The molecule has 1 aromatic heterocycles. The van der Waals surface area contributed by atoms with Crippen molar-refractivity contribution in [2.75, 3.05) is 5.32 Å². The summed E-state index contributed by atoms with van der Waals surface area (Å²) in [7, 11) is 0. The molecule has 158 valence electrons. The van der Waals surface area contributed by atoms with Crippen LogP contribution in [0.1, 0.15) is 29.9 Å². The average Bonchev–Trinajstić information content (AvgIpc) is 3.34. The lowest BCUT2D eigenvalue weighted by Crippen LogP contribution is -2.31. The molecule has 1 N–H and O–H groups in total. The summed E-state index contributed by atoms with van der Waals surface area (Å²) in [5, 5.41) is 5.08. The summed E-state index contributed by atoms with van der Waals surface area (Å²) in [6.07, 6.45) is 0.0799. The van der Waals surface area contributed by atoms with E-state index in [1.807, 2.05) is 86.8 Å². The van der Waals surface area contributed by atoms with Gasteiger partial charge in [-0.3, -0.25) is 14.5 Å². The molecule has 0 spiro atoms. The van der Waals surface area contributed by atoms with Crippen molar-refractivity contribution in [3.63, 3.8) is 0 Å². The fraction of sp³-hybridized carbons (Fsp3) is 0.200. The van der Waals surface area contributed by atoms with E-state index < -0.39 is 0 Å². The van der Waals surface area contributed by atoms with E-state index in [1.54, 1.807) is 0 Å². The second kappa shape index (κ2) is 8.78. The first kappa shape index (κ1) is 20.9. The first-order valence-electron chi connectivity index (χ1n) is 10.2. The van der Waals surface area contributed by atoms with Crippen molar-refractivity contribution in [3.05, 3.63) is 87.7 Å². The highest BCUT2D eigenvalue weighted by molar-refractivity contribution is 7.11. The topological polar surface area (TPSA) is 58.6 Å². The van der Waals surface area contributed by atoms with Crippen LogP contribution >= 0.6 is 11.3 Å². The van der Waals surface area contributed by atoms with E-state index in [0.29, 0.717) is 11.3 Å². The van der Waals surface area contributed by atoms with Gasteiger partial charge >= 0.3 is 0 Å². The van der Waals surface area contributed by atoms with Crippen LogP contribution in [0.5, 0.6) is 5.75 Å². The summed E-state index contributed by atoms with van der Waals surface area (Å²) in [5.41, 5.74) is 3.48. The highest BCUT2D eigenvalue weighted by atomic mass is 32.1. The highest BCUT2D eigenvalue weighted by Gasteiger charge is 2.39. The largest absolute Gasteiger partial charge is 0.491 e. The van der Waals surface area contributed by atoms with Crippen LogP contribution in [0.25, 0.3) is 5.57 Å². The lowest BCUT2D eigenvalue weighted by Gasteiger charge is -2.16. The fourth-order valence-corrected chi connectivity index (χ4v) is 4.16. The smallest absolute Gasteiger partial charge is 0.278 e. The quantitative estimate of drug-likeness (QED) is 0.519. The Bertz CT molecular complexity index is 1110. The summed E-state index contributed by atoms with van der Waals surface area (Å²) >= 11 is 1.44. The molecule has 0 unspecified atom stereocenters. The number of hydrogen-bond donors (Lipinski definition) is 1. The molecule has 1 aliphatic rings. The van der Waals surface area contributed by atoms with Gasteiger partial charge in [0.15, 0.2) is 0 Å². The number of nitrogens with zero attached hydrogens (tertiary/aromatic N) is 1. The lowest BCUT2D eigenvalue weighted by atomic mass is 10.1. The Morgan fingerprint density at radius 1 is 0.968 bits per heavy atom. The van der Waals surface area contributed by atoms with Gasteiger partial charge in [-0.15, -0.1) is 11.3 Å². The van der Waals surface area contributed by atoms with Gasteiger partial charge in [-0.25, -0.2) is 0 Å². The first-order valence-corrected chi connectivity index (χ1v) is 11.0. The number of aryl methyl sites for hydroxylation is 1. The Hall–Kier alpha value is -3.38. The summed E-state index contributed by atoms with van der Waals surface area (Å²) in [5.74, 6) is 0.148. The van der Waals surface area contributed by atoms with E-state index in [9.17, 15) is 9.59 Å². The van der Waals surface area contributed by atoms with Crippen molar-refractivity contribution in [1.29, 1.82) is 0 Å². The molecule has 0 fully saturated rings. The maximum atomic E-state index is 13.3. The summed E-state index contributed by atoms with van der Waals surface area (Å²) in [6.45, 7) is 6.18. The number of anilines is 1. The highest BCUT2D eigenvalue weighted by Crippen LogP contribution is 2.34. The Balaban J connectivity index is 1.63. The SMILES string of the molecule is Cc1ccc(CN2C(=O)C(Nc3ccc(OC(C)C)cc3)=C(c3cccs3)C2=O)cc1. The van der Waals surface area contributed by atoms with Crippen molar-refractivity contribution < 1.29 is 14.3 Å². The van der Waals surface area contributed by atoms with Crippen LogP contribution in [0.3, 0.4) is 0 Å². The molecule has 2 aromatic carbocycles. The molecule has 2 heterocycles. The average molecular weight is 433 g/mol. The Morgan fingerprint density at radius 3 is 2.29 bits per heavy atom. The van der Waals surface area contributed by atoms with Crippen molar-refractivity contribution in [2.45, 2.75) is 33.4 Å². The van der Waals surface area contributed by atoms with Gasteiger partial charge in [0.05, 0.1) is 18.2 Å². The molecule has 6 heteroatoms.